The molecular weight excluding hydrogens is 224 g/mol. The maximum Gasteiger partial charge on any atom is 0.231 e. The van der Waals surface area contributed by atoms with Crippen molar-refractivity contribution in [3.8, 4) is 0 Å². The number of nitrogens with zero attached hydrogens (tertiary/aromatic N) is 1. The van der Waals surface area contributed by atoms with Gasteiger partial charge in [0.2, 0.25) is 5.91 Å². The molecule has 1 heterocycles. The lowest BCUT2D eigenvalue weighted by molar-refractivity contribution is -0.122. The third kappa shape index (κ3) is 2.91. The Morgan fingerprint density at radius 2 is 2.33 bits per heavy atom. The molecule has 1 fully saturated rings. The zero-order valence-electron chi connectivity index (χ0n) is 11.3. The van der Waals surface area contributed by atoms with Gasteiger partial charge in [-0.05, 0) is 50.9 Å². The standard InChI is InChI=1S/C15H22N2O/c1-3-17(14-8-4-6-12(2)10-14)15(18)13-7-5-9-16-11-13/h4,6,8,10,13,16H,3,5,7,9,11H2,1-2H3/t13-/m0/s1. The normalized spacial score (nSPS) is 19.6. The number of benzene rings is 1. The molecule has 2 rings (SSSR count). The molecule has 98 valence electrons. The summed E-state index contributed by atoms with van der Waals surface area (Å²) in [6.45, 7) is 6.70. The second-order valence-corrected chi connectivity index (χ2v) is 4.96. The summed E-state index contributed by atoms with van der Waals surface area (Å²) in [6.07, 6.45) is 2.11. The number of nitrogens with one attached hydrogen (secondary N) is 1. The van der Waals surface area contributed by atoms with E-state index in [0.29, 0.717) is 0 Å². The van der Waals surface area contributed by atoms with Crippen LogP contribution in [0.15, 0.2) is 24.3 Å². The van der Waals surface area contributed by atoms with Crippen molar-refractivity contribution < 1.29 is 4.79 Å². The topological polar surface area (TPSA) is 32.3 Å². The van der Waals surface area contributed by atoms with Crippen molar-refractivity contribution in [1.82, 2.24) is 5.32 Å². The highest BCUT2D eigenvalue weighted by atomic mass is 16.2. The fourth-order valence-corrected chi connectivity index (χ4v) is 2.54. The quantitative estimate of drug-likeness (QED) is 0.888. The molecule has 1 aromatic carbocycles. The molecule has 0 radical (unpaired) electrons. The van der Waals surface area contributed by atoms with Crippen LogP contribution in [0.4, 0.5) is 5.69 Å². The van der Waals surface area contributed by atoms with Gasteiger partial charge in [-0.1, -0.05) is 12.1 Å². The molecule has 1 N–H and O–H groups in total. The van der Waals surface area contributed by atoms with Gasteiger partial charge in [-0.25, -0.2) is 0 Å². The number of anilines is 1. The lowest BCUT2D eigenvalue weighted by atomic mass is 9.97. The molecule has 1 aliphatic rings. The summed E-state index contributed by atoms with van der Waals surface area (Å²) in [4.78, 5) is 14.4. The zero-order valence-corrected chi connectivity index (χ0v) is 11.3. The highest BCUT2D eigenvalue weighted by molar-refractivity contribution is 5.95. The highest BCUT2D eigenvalue weighted by Crippen LogP contribution is 2.21. The molecule has 3 heteroatoms. The average molecular weight is 246 g/mol. The summed E-state index contributed by atoms with van der Waals surface area (Å²) in [6, 6.07) is 8.17. The first-order valence-electron chi connectivity index (χ1n) is 6.81. The summed E-state index contributed by atoms with van der Waals surface area (Å²) in [5.41, 5.74) is 2.22. The van der Waals surface area contributed by atoms with Gasteiger partial charge < -0.3 is 10.2 Å². The van der Waals surface area contributed by atoms with Gasteiger partial charge in [-0.2, -0.15) is 0 Å². The van der Waals surface area contributed by atoms with Crippen LogP contribution in [0.5, 0.6) is 0 Å². The molecule has 0 unspecified atom stereocenters. The van der Waals surface area contributed by atoms with E-state index < -0.39 is 0 Å². The lowest BCUT2D eigenvalue weighted by Gasteiger charge is -2.29. The van der Waals surface area contributed by atoms with Crippen LogP contribution < -0.4 is 10.2 Å². The SMILES string of the molecule is CCN(C(=O)[C@H]1CCCNC1)c1cccc(C)c1. The molecule has 1 amide bonds. The van der Waals surface area contributed by atoms with E-state index in [9.17, 15) is 4.79 Å². The van der Waals surface area contributed by atoms with Gasteiger partial charge in [0.15, 0.2) is 0 Å². The molecule has 0 aromatic heterocycles. The molecule has 0 bridgehead atoms. The zero-order chi connectivity index (χ0) is 13.0. The Hall–Kier alpha value is -1.35. The number of hydrogen-bond acceptors (Lipinski definition) is 2. The number of rotatable bonds is 3. The molecule has 18 heavy (non-hydrogen) atoms. The van der Waals surface area contributed by atoms with Gasteiger partial charge in [0.05, 0.1) is 5.92 Å². The summed E-state index contributed by atoms with van der Waals surface area (Å²) in [7, 11) is 0. The van der Waals surface area contributed by atoms with Gasteiger partial charge in [0.25, 0.3) is 0 Å². The van der Waals surface area contributed by atoms with E-state index in [1.165, 1.54) is 5.56 Å². The number of carbonyl (C=O) groups is 1. The molecule has 1 atom stereocenters. The van der Waals surface area contributed by atoms with Gasteiger partial charge >= 0.3 is 0 Å². The van der Waals surface area contributed by atoms with Crippen molar-refractivity contribution >= 4 is 11.6 Å². The number of amides is 1. The minimum atomic E-state index is 0.138. The first kappa shape index (κ1) is 13.1. The van der Waals surface area contributed by atoms with Crippen LogP contribution in [0.3, 0.4) is 0 Å². The monoisotopic (exact) mass is 246 g/mol. The molecule has 0 spiro atoms. The molecule has 1 aromatic rings. The van der Waals surface area contributed by atoms with Crippen molar-refractivity contribution in [2.45, 2.75) is 26.7 Å². The van der Waals surface area contributed by atoms with E-state index in [1.807, 2.05) is 24.0 Å². The van der Waals surface area contributed by atoms with Crippen LogP contribution in [0, 0.1) is 12.8 Å². The van der Waals surface area contributed by atoms with Crippen molar-refractivity contribution in [2.24, 2.45) is 5.92 Å². The van der Waals surface area contributed by atoms with Gasteiger partial charge in [0, 0.05) is 18.8 Å². The van der Waals surface area contributed by atoms with Gasteiger partial charge in [-0.15, -0.1) is 0 Å². The van der Waals surface area contributed by atoms with Crippen molar-refractivity contribution in [1.29, 1.82) is 0 Å². The Morgan fingerprint density at radius 3 is 2.94 bits per heavy atom. The van der Waals surface area contributed by atoms with Crippen molar-refractivity contribution in [3.05, 3.63) is 29.8 Å². The summed E-state index contributed by atoms with van der Waals surface area (Å²) < 4.78 is 0. The van der Waals surface area contributed by atoms with E-state index in [2.05, 4.69) is 24.4 Å². The predicted octanol–water partition coefficient (Wildman–Crippen LogP) is 2.35. The molecule has 1 aliphatic heterocycles. The van der Waals surface area contributed by atoms with Gasteiger partial charge in [-0.3, -0.25) is 4.79 Å². The second kappa shape index (κ2) is 6.01. The molecule has 0 aliphatic carbocycles. The van der Waals surface area contributed by atoms with Crippen LogP contribution in [0.2, 0.25) is 0 Å². The maximum atomic E-state index is 12.5. The van der Waals surface area contributed by atoms with E-state index in [0.717, 1.165) is 38.2 Å². The molecule has 1 saturated heterocycles. The second-order valence-electron chi connectivity index (χ2n) is 4.96. The number of hydrogen-bond donors (Lipinski definition) is 1. The first-order valence-corrected chi connectivity index (χ1v) is 6.81. The number of piperidine rings is 1. The van der Waals surface area contributed by atoms with Crippen LogP contribution in [0.25, 0.3) is 0 Å². The highest BCUT2D eigenvalue weighted by Gasteiger charge is 2.25. The molecule has 3 nitrogen and oxygen atoms in total. The third-order valence-corrected chi connectivity index (χ3v) is 3.54. The Morgan fingerprint density at radius 1 is 1.50 bits per heavy atom. The van der Waals surface area contributed by atoms with E-state index in [1.54, 1.807) is 0 Å². The predicted molar refractivity (Wildman–Crippen MR) is 74.8 cm³/mol. The minimum absolute atomic E-state index is 0.138. The number of carbonyl (C=O) groups excluding carboxylic acids is 1. The first-order chi connectivity index (χ1) is 8.72. The van der Waals surface area contributed by atoms with Crippen molar-refractivity contribution in [2.75, 3.05) is 24.5 Å². The smallest absolute Gasteiger partial charge is 0.231 e. The minimum Gasteiger partial charge on any atom is -0.316 e. The third-order valence-electron chi connectivity index (χ3n) is 3.54. The average Bonchev–Trinajstić information content (AvgIpc) is 2.40. The summed E-state index contributed by atoms with van der Waals surface area (Å²) in [5.74, 6) is 0.398. The Kier molecular flexibility index (Phi) is 4.37. The van der Waals surface area contributed by atoms with E-state index >= 15 is 0 Å². The Balaban J connectivity index is 2.14. The lowest BCUT2D eigenvalue weighted by Crippen LogP contribution is -2.43. The van der Waals surface area contributed by atoms with E-state index in [4.69, 9.17) is 0 Å². The number of aryl methyl sites for hydroxylation is 1. The van der Waals surface area contributed by atoms with Crippen LogP contribution in [-0.4, -0.2) is 25.5 Å². The Labute approximate surface area is 109 Å². The summed E-state index contributed by atoms with van der Waals surface area (Å²) in [5, 5.41) is 3.31. The van der Waals surface area contributed by atoms with E-state index in [-0.39, 0.29) is 11.8 Å². The van der Waals surface area contributed by atoms with Crippen LogP contribution in [-0.2, 0) is 4.79 Å². The van der Waals surface area contributed by atoms with Crippen LogP contribution >= 0.6 is 0 Å². The Bertz CT molecular complexity index is 411. The van der Waals surface area contributed by atoms with Crippen LogP contribution in [0.1, 0.15) is 25.3 Å². The molecule has 0 saturated carbocycles. The summed E-state index contributed by atoms with van der Waals surface area (Å²) >= 11 is 0. The fraction of sp³-hybridized carbons (Fsp3) is 0.533. The molecular formula is C15H22N2O. The fourth-order valence-electron chi connectivity index (χ4n) is 2.54. The largest absolute Gasteiger partial charge is 0.316 e. The van der Waals surface area contributed by atoms with Crippen molar-refractivity contribution in [3.63, 3.8) is 0 Å². The van der Waals surface area contributed by atoms with Gasteiger partial charge in [0.1, 0.15) is 0 Å². The maximum absolute atomic E-state index is 12.5.